The van der Waals surface area contributed by atoms with E-state index in [1.807, 2.05) is 72.8 Å². The molecule has 3 aromatic carbocycles. The normalized spacial score (nSPS) is 10.7. The van der Waals surface area contributed by atoms with Gasteiger partial charge in [-0.1, -0.05) is 60.7 Å². The molecule has 0 amide bonds. The Balaban J connectivity index is 1.99. The van der Waals surface area contributed by atoms with Gasteiger partial charge in [0.1, 0.15) is 11.5 Å². The van der Waals surface area contributed by atoms with E-state index in [1.54, 1.807) is 26.4 Å². The topological polar surface area (TPSA) is 66.0 Å². The molecule has 0 N–H and O–H groups in total. The molecule has 146 valence electrons. The smallest absolute Gasteiger partial charge is 0.126 e. The summed E-state index contributed by atoms with van der Waals surface area (Å²) in [4.78, 5) is 0. The van der Waals surface area contributed by atoms with Gasteiger partial charge in [0.15, 0.2) is 0 Å². The first-order valence-electron chi connectivity index (χ1n) is 9.30. The van der Waals surface area contributed by atoms with Gasteiger partial charge in [0.25, 0.3) is 0 Å². The van der Waals surface area contributed by atoms with Crippen molar-refractivity contribution >= 4 is 24.3 Å². The molecule has 3 rings (SSSR count). The fourth-order valence-electron chi connectivity index (χ4n) is 3.05. The Hall–Kier alpha value is -4.28. The Kier molecular flexibility index (Phi) is 6.66. The van der Waals surface area contributed by atoms with E-state index in [-0.39, 0.29) is 0 Å². The number of methoxy groups -OCH3 is 2. The molecule has 4 nitrogen and oxygen atoms in total. The molecule has 0 fully saturated rings. The van der Waals surface area contributed by atoms with Crippen molar-refractivity contribution in [1.82, 2.24) is 0 Å². The largest absolute Gasteiger partial charge is 0.496 e. The van der Waals surface area contributed by atoms with Gasteiger partial charge in [-0.2, -0.15) is 10.5 Å². The maximum atomic E-state index is 9.27. The van der Waals surface area contributed by atoms with Crippen LogP contribution in [0.1, 0.15) is 33.4 Å². The van der Waals surface area contributed by atoms with E-state index < -0.39 is 0 Å². The van der Waals surface area contributed by atoms with Crippen molar-refractivity contribution in [1.29, 1.82) is 10.5 Å². The van der Waals surface area contributed by atoms with Crippen molar-refractivity contribution in [3.05, 3.63) is 94.0 Å². The molecular formula is C26H20N2O2. The predicted octanol–water partition coefficient (Wildman–Crippen LogP) is 5.79. The average Bonchev–Trinajstić information content (AvgIpc) is 2.81. The molecule has 0 aliphatic rings. The molecule has 0 aliphatic carbocycles. The van der Waals surface area contributed by atoms with Gasteiger partial charge in [-0.15, -0.1) is 0 Å². The molecule has 0 radical (unpaired) electrons. The number of hydrogen-bond donors (Lipinski definition) is 0. The highest BCUT2D eigenvalue weighted by Gasteiger charge is 2.09. The summed E-state index contributed by atoms with van der Waals surface area (Å²) < 4.78 is 11.1. The number of ether oxygens (including phenoxy) is 2. The second-order valence-electron chi connectivity index (χ2n) is 6.40. The maximum absolute atomic E-state index is 9.27. The van der Waals surface area contributed by atoms with Crippen LogP contribution in [0.2, 0.25) is 0 Å². The highest BCUT2D eigenvalue weighted by Crippen LogP contribution is 2.32. The van der Waals surface area contributed by atoms with Gasteiger partial charge < -0.3 is 9.47 Å². The molecule has 0 aromatic heterocycles. The molecular weight excluding hydrogens is 372 g/mol. The Bertz CT molecular complexity index is 1100. The highest BCUT2D eigenvalue weighted by molar-refractivity contribution is 5.80. The predicted molar refractivity (Wildman–Crippen MR) is 120 cm³/mol. The minimum Gasteiger partial charge on any atom is -0.496 e. The van der Waals surface area contributed by atoms with E-state index in [9.17, 15) is 10.5 Å². The zero-order valence-electron chi connectivity index (χ0n) is 16.8. The van der Waals surface area contributed by atoms with Gasteiger partial charge in [-0.05, 0) is 35.4 Å². The van der Waals surface area contributed by atoms with Gasteiger partial charge in [-0.25, -0.2) is 0 Å². The Labute approximate surface area is 176 Å². The first-order chi connectivity index (χ1) is 14.7. The van der Waals surface area contributed by atoms with Crippen LogP contribution in [0.5, 0.6) is 11.5 Å². The van der Waals surface area contributed by atoms with Crippen molar-refractivity contribution < 1.29 is 9.47 Å². The molecule has 0 saturated heterocycles. The van der Waals surface area contributed by atoms with E-state index in [0.29, 0.717) is 22.6 Å². The molecule has 0 atom stereocenters. The van der Waals surface area contributed by atoms with Gasteiger partial charge in [0.05, 0.1) is 37.5 Å². The molecule has 0 heterocycles. The van der Waals surface area contributed by atoms with Crippen LogP contribution in [0.25, 0.3) is 24.3 Å². The lowest BCUT2D eigenvalue weighted by Crippen LogP contribution is -1.93. The lowest BCUT2D eigenvalue weighted by molar-refractivity contribution is 0.401. The van der Waals surface area contributed by atoms with Gasteiger partial charge in [0.2, 0.25) is 0 Å². The maximum Gasteiger partial charge on any atom is 0.126 e. The number of hydrogen-bond acceptors (Lipinski definition) is 4. The highest BCUT2D eigenvalue weighted by atomic mass is 16.5. The third kappa shape index (κ3) is 4.58. The number of rotatable bonds is 6. The van der Waals surface area contributed by atoms with Crippen molar-refractivity contribution in [3.63, 3.8) is 0 Å². The van der Waals surface area contributed by atoms with E-state index in [0.717, 1.165) is 22.3 Å². The monoisotopic (exact) mass is 392 g/mol. The summed E-state index contributed by atoms with van der Waals surface area (Å²) >= 11 is 0. The van der Waals surface area contributed by atoms with Crippen molar-refractivity contribution in [2.75, 3.05) is 14.2 Å². The Morgan fingerprint density at radius 3 is 1.33 bits per heavy atom. The Morgan fingerprint density at radius 1 is 0.600 bits per heavy atom. The zero-order chi connectivity index (χ0) is 21.3. The summed E-state index contributed by atoms with van der Waals surface area (Å²) in [5, 5.41) is 18.5. The molecule has 0 saturated carbocycles. The summed E-state index contributed by atoms with van der Waals surface area (Å²) in [7, 11) is 3.22. The van der Waals surface area contributed by atoms with Crippen LogP contribution in [-0.4, -0.2) is 14.2 Å². The standard InChI is InChI=1S/C26H20N2O2/c1-29-25-15-22(14-12-20-8-4-6-10-24(20)18-28)26(30-2)16-21(25)13-11-19-7-3-5-9-23(19)17-27/h3-16H,1-2H3. The zero-order valence-corrected chi connectivity index (χ0v) is 16.8. The fourth-order valence-corrected chi connectivity index (χ4v) is 3.05. The second kappa shape index (κ2) is 9.78. The van der Waals surface area contributed by atoms with Gasteiger partial charge >= 0.3 is 0 Å². The van der Waals surface area contributed by atoms with Crippen LogP contribution >= 0.6 is 0 Å². The quantitative estimate of drug-likeness (QED) is 0.498. The summed E-state index contributed by atoms with van der Waals surface area (Å²) in [6, 6.07) is 23.0. The van der Waals surface area contributed by atoms with Crippen LogP contribution in [-0.2, 0) is 0 Å². The van der Waals surface area contributed by atoms with E-state index in [4.69, 9.17) is 9.47 Å². The van der Waals surface area contributed by atoms with Gasteiger partial charge in [0, 0.05) is 11.1 Å². The number of benzene rings is 3. The van der Waals surface area contributed by atoms with Crippen molar-refractivity contribution in [2.45, 2.75) is 0 Å². The Morgan fingerprint density at radius 2 is 0.967 bits per heavy atom. The van der Waals surface area contributed by atoms with Crippen molar-refractivity contribution in [2.24, 2.45) is 0 Å². The summed E-state index contributed by atoms with van der Waals surface area (Å²) in [5.41, 5.74) is 4.54. The first-order valence-corrected chi connectivity index (χ1v) is 9.30. The fraction of sp³-hybridized carbons (Fsp3) is 0.0769. The number of nitrogens with zero attached hydrogens (tertiary/aromatic N) is 2. The summed E-state index contributed by atoms with van der Waals surface area (Å²) in [6.07, 6.45) is 7.56. The lowest BCUT2D eigenvalue weighted by Gasteiger charge is -2.11. The molecule has 0 bridgehead atoms. The SMILES string of the molecule is COc1cc(C=Cc2ccccc2C#N)c(OC)cc1C=Cc1ccccc1C#N. The van der Waals surface area contributed by atoms with Crippen molar-refractivity contribution in [3.8, 4) is 23.6 Å². The number of nitriles is 2. The molecule has 0 spiro atoms. The average molecular weight is 392 g/mol. The molecule has 0 aliphatic heterocycles. The first kappa shape index (κ1) is 20.5. The van der Waals surface area contributed by atoms with Crippen LogP contribution < -0.4 is 9.47 Å². The third-order valence-electron chi connectivity index (χ3n) is 4.63. The van der Waals surface area contributed by atoms with Crippen LogP contribution in [0.15, 0.2) is 60.7 Å². The second-order valence-corrected chi connectivity index (χ2v) is 6.40. The molecule has 3 aromatic rings. The molecule has 0 unspecified atom stereocenters. The minimum atomic E-state index is 0.607. The minimum absolute atomic E-state index is 0.607. The van der Waals surface area contributed by atoms with Crippen LogP contribution in [0.3, 0.4) is 0 Å². The molecule has 30 heavy (non-hydrogen) atoms. The van der Waals surface area contributed by atoms with Crippen LogP contribution in [0, 0.1) is 22.7 Å². The third-order valence-corrected chi connectivity index (χ3v) is 4.63. The van der Waals surface area contributed by atoms with E-state index in [1.165, 1.54) is 0 Å². The summed E-state index contributed by atoms with van der Waals surface area (Å²) in [6.45, 7) is 0. The summed E-state index contributed by atoms with van der Waals surface area (Å²) in [5.74, 6) is 1.35. The van der Waals surface area contributed by atoms with E-state index in [2.05, 4.69) is 12.1 Å². The van der Waals surface area contributed by atoms with Gasteiger partial charge in [-0.3, -0.25) is 0 Å². The van der Waals surface area contributed by atoms with Crippen LogP contribution in [0.4, 0.5) is 0 Å². The lowest BCUT2D eigenvalue weighted by atomic mass is 10.0. The molecule has 4 heteroatoms. The van der Waals surface area contributed by atoms with E-state index >= 15 is 0 Å².